The molecule has 8 heteroatoms. The number of rotatable bonds is 12. The Labute approximate surface area is 199 Å². The number of nitrogens with one attached hydrogen (secondary N) is 1. The van der Waals surface area contributed by atoms with E-state index in [0.717, 1.165) is 12.8 Å². The van der Waals surface area contributed by atoms with Crippen LogP contribution < -0.4 is 14.8 Å². The van der Waals surface area contributed by atoms with E-state index in [1.165, 1.54) is 12.0 Å². The number of benzene rings is 2. The van der Waals surface area contributed by atoms with E-state index in [1.807, 2.05) is 13.0 Å². The van der Waals surface area contributed by atoms with Gasteiger partial charge in [-0.25, -0.2) is 0 Å². The molecule has 0 bridgehead atoms. The Bertz CT molecular complexity index is 907. The highest BCUT2D eigenvalue weighted by atomic mass is 35.5. The molecule has 0 aliphatic carbocycles. The van der Waals surface area contributed by atoms with Crippen molar-refractivity contribution in [2.75, 3.05) is 20.3 Å². The predicted octanol–water partition coefficient (Wildman–Crippen LogP) is 5.10. The van der Waals surface area contributed by atoms with E-state index in [0.29, 0.717) is 40.1 Å². The number of amides is 2. The number of hydrogen-bond acceptors (Lipinski definition) is 4. The molecule has 0 aliphatic heterocycles. The summed E-state index contributed by atoms with van der Waals surface area (Å²) in [4.78, 5) is 27.6. The van der Waals surface area contributed by atoms with Crippen LogP contribution in [0.5, 0.6) is 11.5 Å². The maximum Gasteiger partial charge on any atom is 0.261 e. The number of halogens is 2. The number of unbranched alkanes of at least 4 members (excludes halogenated alkanes) is 1. The highest BCUT2D eigenvalue weighted by Gasteiger charge is 2.29. The maximum atomic E-state index is 13.2. The normalized spacial score (nSPS) is 11.5. The van der Waals surface area contributed by atoms with Gasteiger partial charge in [-0.1, -0.05) is 61.7 Å². The quantitative estimate of drug-likeness (QED) is 0.428. The Balaban J connectivity index is 2.24. The van der Waals surface area contributed by atoms with E-state index in [9.17, 15) is 9.59 Å². The van der Waals surface area contributed by atoms with E-state index in [4.69, 9.17) is 32.7 Å². The second-order valence-corrected chi connectivity index (χ2v) is 8.11. The molecule has 1 atom stereocenters. The maximum absolute atomic E-state index is 13.2. The summed E-state index contributed by atoms with van der Waals surface area (Å²) >= 11 is 12.4. The van der Waals surface area contributed by atoms with Crippen molar-refractivity contribution in [3.05, 3.63) is 58.1 Å². The number of methoxy groups -OCH3 is 1. The van der Waals surface area contributed by atoms with E-state index in [-0.39, 0.29) is 25.0 Å². The van der Waals surface area contributed by atoms with Gasteiger partial charge in [-0.15, -0.1) is 0 Å². The van der Waals surface area contributed by atoms with Gasteiger partial charge in [-0.3, -0.25) is 9.59 Å². The molecule has 32 heavy (non-hydrogen) atoms. The highest BCUT2D eigenvalue weighted by Crippen LogP contribution is 2.27. The predicted molar refractivity (Wildman–Crippen MR) is 127 cm³/mol. The summed E-state index contributed by atoms with van der Waals surface area (Å²) < 4.78 is 11.0. The van der Waals surface area contributed by atoms with Crippen LogP contribution in [0, 0.1) is 0 Å². The van der Waals surface area contributed by atoms with Crippen LogP contribution in [-0.2, 0) is 16.1 Å². The number of carbonyl (C=O) groups is 2. The van der Waals surface area contributed by atoms with Crippen LogP contribution in [0.1, 0.15) is 38.7 Å². The Morgan fingerprint density at radius 2 is 1.81 bits per heavy atom. The highest BCUT2D eigenvalue weighted by molar-refractivity contribution is 6.35. The van der Waals surface area contributed by atoms with Crippen molar-refractivity contribution in [1.29, 1.82) is 0 Å². The van der Waals surface area contributed by atoms with Crippen LogP contribution >= 0.6 is 23.2 Å². The van der Waals surface area contributed by atoms with Crippen molar-refractivity contribution in [3.8, 4) is 11.5 Å². The van der Waals surface area contributed by atoms with E-state index in [1.54, 1.807) is 36.4 Å². The average molecular weight is 481 g/mol. The van der Waals surface area contributed by atoms with Crippen LogP contribution in [0.15, 0.2) is 42.5 Å². The molecule has 2 rings (SSSR count). The number of nitrogens with zero attached hydrogens (tertiary/aromatic N) is 1. The summed E-state index contributed by atoms with van der Waals surface area (Å²) in [7, 11) is 1.53. The van der Waals surface area contributed by atoms with Crippen molar-refractivity contribution in [3.63, 3.8) is 0 Å². The summed E-state index contributed by atoms with van der Waals surface area (Å²) in [6.07, 6.45) is 2.28. The molecule has 6 nitrogen and oxygen atoms in total. The zero-order valence-electron chi connectivity index (χ0n) is 18.7. The van der Waals surface area contributed by atoms with Crippen molar-refractivity contribution in [2.45, 2.75) is 45.7 Å². The zero-order chi connectivity index (χ0) is 23.5. The third-order valence-electron chi connectivity index (χ3n) is 4.99. The van der Waals surface area contributed by atoms with Crippen LogP contribution in [0.4, 0.5) is 0 Å². The fraction of sp³-hybridized carbons (Fsp3) is 0.417. The second kappa shape index (κ2) is 13.2. The number of para-hydroxylation sites is 2. The van der Waals surface area contributed by atoms with Gasteiger partial charge in [0.05, 0.1) is 7.11 Å². The van der Waals surface area contributed by atoms with Gasteiger partial charge in [0.15, 0.2) is 18.1 Å². The fourth-order valence-electron chi connectivity index (χ4n) is 3.22. The van der Waals surface area contributed by atoms with E-state index < -0.39 is 6.04 Å². The average Bonchev–Trinajstić information content (AvgIpc) is 2.79. The lowest BCUT2D eigenvalue weighted by Gasteiger charge is -2.31. The van der Waals surface area contributed by atoms with Crippen molar-refractivity contribution >= 4 is 35.0 Å². The Kier molecular flexibility index (Phi) is 10.6. The molecule has 0 unspecified atom stereocenters. The monoisotopic (exact) mass is 480 g/mol. The minimum absolute atomic E-state index is 0.157. The van der Waals surface area contributed by atoms with Gasteiger partial charge in [0, 0.05) is 23.1 Å². The minimum Gasteiger partial charge on any atom is -0.493 e. The summed E-state index contributed by atoms with van der Waals surface area (Å²) in [5.74, 6) is 0.446. The molecule has 0 spiro atoms. The Morgan fingerprint density at radius 1 is 1.09 bits per heavy atom. The third-order valence-corrected chi connectivity index (χ3v) is 5.58. The standard InChI is InChI=1S/C24H30Cl2N2O4/c1-4-6-13-27-24(30)20(5-2)28(15-17-11-12-18(25)14-19(17)26)23(29)16-32-22-10-8-7-9-21(22)31-3/h7-12,14,20H,4-6,13,15-16H2,1-3H3,(H,27,30)/t20-/m1/s1. The number of ether oxygens (including phenoxy) is 2. The van der Waals surface area contributed by atoms with E-state index >= 15 is 0 Å². The lowest BCUT2D eigenvalue weighted by molar-refractivity contribution is -0.143. The second-order valence-electron chi connectivity index (χ2n) is 7.27. The first kappa shape index (κ1) is 25.8. The number of carbonyl (C=O) groups excluding carboxylic acids is 2. The minimum atomic E-state index is -0.660. The largest absolute Gasteiger partial charge is 0.493 e. The fourth-order valence-corrected chi connectivity index (χ4v) is 3.69. The summed E-state index contributed by atoms with van der Waals surface area (Å²) in [6.45, 7) is 4.40. The zero-order valence-corrected chi connectivity index (χ0v) is 20.2. The Hall–Kier alpha value is -2.44. The molecule has 0 aliphatic rings. The molecule has 0 saturated carbocycles. The Morgan fingerprint density at radius 3 is 2.44 bits per heavy atom. The summed E-state index contributed by atoms with van der Waals surface area (Å²) in [5.41, 5.74) is 0.696. The van der Waals surface area contributed by atoms with Gasteiger partial charge in [0.2, 0.25) is 5.91 Å². The third kappa shape index (κ3) is 7.31. The molecule has 0 saturated heterocycles. The van der Waals surface area contributed by atoms with Crippen LogP contribution in [0.3, 0.4) is 0 Å². The van der Waals surface area contributed by atoms with Gasteiger partial charge in [-0.2, -0.15) is 0 Å². The van der Waals surface area contributed by atoms with Crippen molar-refractivity contribution in [2.24, 2.45) is 0 Å². The van der Waals surface area contributed by atoms with Crippen LogP contribution in [0.2, 0.25) is 10.0 Å². The molecule has 0 fully saturated rings. The SMILES string of the molecule is CCCCNC(=O)[C@@H](CC)N(Cc1ccc(Cl)cc1Cl)C(=O)COc1ccccc1OC. The lowest BCUT2D eigenvalue weighted by Crippen LogP contribution is -2.50. The molecule has 174 valence electrons. The molecular formula is C24H30Cl2N2O4. The smallest absolute Gasteiger partial charge is 0.261 e. The van der Waals surface area contributed by atoms with Gasteiger partial charge in [-0.05, 0) is 42.7 Å². The molecule has 2 aromatic rings. The van der Waals surface area contributed by atoms with Crippen molar-refractivity contribution in [1.82, 2.24) is 10.2 Å². The van der Waals surface area contributed by atoms with Crippen molar-refractivity contribution < 1.29 is 19.1 Å². The first-order chi connectivity index (χ1) is 15.4. The number of hydrogen-bond donors (Lipinski definition) is 1. The van der Waals surface area contributed by atoms with Crippen LogP contribution in [-0.4, -0.2) is 43.0 Å². The van der Waals surface area contributed by atoms with Gasteiger partial charge < -0.3 is 19.7 Å². The molecule has 0 heterocycles. The first-order valence-electron chi connectivity index (χ1n) is 10.7. The molecular weight excluding hydrogens is 451 g/mol. The van der Waals surface area contributed by atoms with Crippen LogP contribution in [0.25, 0.3) is 0 Å². The summed E-state index contributed by atoms with van der Waals surface area (Å²) in [5, 5.41) is 3.86. The molecule has 1 N–H and O–H groups in total. The van der Waals surface area contributed by atoms with Gasteiger partial charge >= 0.3 is 0 Å². The summed E-state index contributed by atoms with van der Waals surface area (Å²) in [6, 6.07) is 11.5. The molecule has 2 amide bonds. The molecule has 2 aromatic carbocycles. The van der Waals surface area contributed by atoms with Gasteiger partial charge in [0.1, 0.15) is 6.04 Å². The first-order valence-corrected chi connectivity index (χ1v) is 11.4. The topological polar surface area (TPSA) is 67.9 Å². The molecule has 0 radical (unpaired) electrons. The lowest BCUT2D eigenvalue weighted by atomic mass is 10.1. The van der Waals surface area contributed by atoms with E-state index in [2.05, 4.69) is 12.2 Å². The molecule has 0 aromatic heterocycles. The van der Waals surface area contributed by atoms with Gasteiger partial charge in [0.25, 0.3) is 5.91 Å².